The largest absolute Gasteiger partial charge is 0.394 e. The number of nitrogens with two attached hydrogens (primary N) is 1. The van der Waals surface area contributed by atoms with Crippen LogP contribution in [0.25, 0.3) is 0 Å². The molecule has 1 aromatic heterocycles. The first-order valence-electron chi connectivity index (χ1n) is 13.8. The number of aliphatic hydroxyl groups is 1. The number of anilines is 1. The zero-order valence-electron chi connectivity index (χ0n) is 22.9. The van der Waals surface area contributed by atoms with Crippen molar-refractivity contribution < 1.29 is 28.6 Å². The fourth-order valence-electron chi connectivity index (χ4n) is 3.84. The molecule has 0 radical (unpaired) electrons. The molecule has 10 nitrogen and oxygen atoms in total. The van der Waals surface area contributed by atoms with Crippen LogP contribution in [-0.2, 0) is 25.1 Å². The van der Waals surface area contributed by atoms with E-state index in [1.165, 1.54) is 81.0 Å². The second kappa shape index (κ2) is 20.6. The molecule has 0 aromatic carbocycles. The lowest BCUT2D eigenvalue weighted by molar-refractivity contribution is 0.0162. The minimum Gasteiger partial charge on any atom is -0.394 e. The predicted octanol–water partition coefficient (Wildman–Crippen LogP) is 4.72. The molecule has 0 aliphatic rings. The monoisotopic (exact) mass is 547 g/mol. The van der Waals surface area contributed by atoms with E-state index in [0.717, 1.165) is 12.3 Å². The Bertz CT molecular complexity index is 807. The van der Waals surface area contributed by atoms with Gasteiger partial charge < -0.3 is 29.7 Å². The van der Waals surface area contributed by atoms with Crippen LogP contribution in [0.5, 0.6) is 0 Å². The molecular weight excluding hydrogens is 497 g/mol. The first kappa shape index (κ1) is 33.7. The molecule has 216 valence electrons. The van der Waals surface area contributed by atoms with Crippen molar-refractivity contribution in [3.05, 3.63) is 22.7 Å². The number of nitrogens with zero attached hydrogens (tertiary/aromatic N) is 2. The van der Waals surface area contributed by atoms with E-state index in [-0.39, 0.29) is 19.0 Å². The minimum atomic E-state index is -3.99. The highest BCUT2D eigenvalue weighted by Crippen LogP contribution is 2.42. The van der Waals surface area contributed by atoms with Crippen LogP contribution >= 0.6 is 7.60 Å². The van der Waals surface area contributed by atoms with E-state index in [0.29, 0.717) is 19.6 Å². The summed E-state index contributed by atoms with van der Waals surface area (Å²) < 4.78 is 29.3. The van der Waals surface area contributed by atoms with Crippen molar-refractivity contribution in [3.63, 3.8) is 0 Å². The van der Waals surface area contributed by atoms with Crippen molar-refractivity contribution in [2.45, 2.75) is 104 Å². The van der Waals surface area contributed by atoms with E-state index in [9.17, 15) is 19.4 Å². The highest BCUT2D eigenvalue weighted by molar-refractivity contribution is 7.52. The van der Waals surface area contributed by atoms with Gasteiger partial charge >= 0.3 is 13.3 Å². The van der Waals surface area contributed by atoms with Gasteiger partial charge in [0.1, 0.15) is 12.2 Å². The summed E-state index contributed by atoms with van der Waals surface area (Å²) in [6, 6.07) is 1.44. The SMILES string of the molecule is CC(C)CCCCCCCCCCCCOCCCOP(=O)(O)CO[C@H](CO)Cn1ccc(N)nc1=O. The first-order chi connectivity index (χ1) is 17.7. The Labute approximate surface area is 222 Å². The van der Waals surface area contributed by atoms with E-state index in [1.54, 1.807) is 0 Å². The number of ether oxygens (including phenoxy) is 2. The summed E-state index contributed by atoms with van der Waals surface area (Å²) in [6.45, 7) is 5.33. The van der Waals surface area contributed by atoms with Gasteiger partial charge in [0, 0.05) is 19.4 Å². The van der Waals surface area contributed by atoms with E-state index < -0.39 is 32.3 Å². The highest BCUT2D eigenvalue weighted by Gasteiger charge is 2.22. The van der Waals surface area contributed by atoms with E-state index in [4.69, 9.17) is 19.7 Å². The predicted molar refractivity (Wildman–Crippen MR) is 147 cm³/mol. The lowest BCUT2D eigenvalue weighted by Crippen LogP contribution is -2.32. The Morgan fingerprint density at radius 3 is 2.16 bits per heavy atom. The molecule has 4 N–H and O–H groups in total. The van der Waals surface area contributed by atoms with Crippen molar-refractivity contribution in [2.75, 3.05) is 38.5 Å². The number of aromatic nitrogens is 2. The molecule has 2 atom stereocenters. The average molecular weight is 548 g/mol. The smallest absolute Gasteiger partial charge is 0.353 e. The second-order valence-corrected chi connectivity index (χ2v) is 11.8. The molecule has 0 aliphatic carbocycles. The Hall–Kier alpha value is -1.29. The Kier molecular flexibility index (Phi) is 18.8. The minimum absolute atomic E-state index is 0.0327. The van der Waals surface area contributed by atoms with Crippen molar-refractivity contribution in [1.82, 2.24) is 9.55 Å². The molecule has 0 aliphatic heterocycles. The number of nitrogen functional groups attached to an aromatic ring is 1. The van der Waals surface area contributed by atoms with Crippen LogP contribution in [0.3, 0.4) is 0 Å². The summed E-state index contributed by atoms with van der Waals surface area (Å²) in [4.78, 5) is 25.3. The number of rotatable bonds is 24. The third-order valence-corrected chi connectivity index (χ3v) is 7.08. The molecule has 1 unspecified atom stereocenters. The molecular formula is C26H50N3O7P. The number of aliphatic hydroxyl groups excluding tert-OH is 1. The maximum absolute atomic E-state index is 12.2. The van der Waals surface area contributed by atoms with Crippen LogP contribution in [0.2, 0.25) is 0 Å². The van der Waals surface area contributed by atoms with Gasteiger partial charge in [-0.3, -0.25) is 9.13 Å². The summed E-state index contributed by atoms with van der Waals surface area (Å²) in [7, 11) is -3.99. The lowest BCUT2D eigenvalue weighted by atomic mass is 10.0. The number of hydrogen-bond donors (Lipinski definition) is 3. The second-order valence-electron chi connectivity index (χ2n) is 10.0. The summed E-state index contributed by atoms with van der Waals surface area (Å²) >= 11 is 0. The van der Waals surface area contributed by atoms with Gasteiger partial charge in [0.25, 0.3) is 0 Å². The molecule has 1 rings (SSSR count). The molecule has 37 heavy (non-hydrogen) atoms. The standard InChI is InChI=1S/C26H50N3O7P/c1-23(2)14-11-9-7-5-3-4-6-8-10-12-17-34-18-13-19-36-37(32,33)22-35-24(21-30)20-29-16-15-25(27)28-26(29)31/h15-16,23-24,30H,3-14,17-22H2,1-2H3,(H,32,33)(H2,27,28,31)/t24-/m0/s1. The van der Waals surface area contributed by atoms with Gasteiger partial charge in [0.15, 0.2) is 0 Å². The molecule has 0 spiro atoms. The molecule has 0 saturated heterocycles. The van der Waals surface area contributed by atoms with Crippen LogP contribution in [0.15, 0.2) is 17.1 Å². The highest BCUT2D eigenvalue weighted by atomic mass is 31.2. The number of hydrogen-bond acceptors (Lipinski definition) is 8. The van der Waals surface area contributed by atoms with Crippen LogP contribution < -0.4 is 11.4 Å². The fraction of sp³-hybridized carbons (Fsp3) is 0.846. The Balaban J connectivity index is 1.97. The van der Waals surface area contributed by atoms with Gasteiger partial charge in [-0.25, -0.2) is 4.79 Å². The average Bonchev–Trinajstić information content (AvgIpc) is 2.84. The maximum Gasteiger partial charge on any atom is 0.353 e. The molecule has 1 aromatic rings. The van der Waals surface area contributed by atoms with Gasteiger partial charge in [-0.1, -0.05) is 78.1 Å². The Morgan fingerprint density at radius 2 is 1.57 bits per heavy atom. The summed E-state index contributed by atoms with van der Waals surface area (Å²) in [5.74, 6) is 0.915. The first-order valence-corrected chi connectivity index (χ1v) is 15.6. The van der Waals surface area contributed by atoms with Gasteiger partial charge in [-0.2, -0.15) is 4.98 Å². The van der Waals surface area contributed by atoms with Gasteiger partial charge in [0.05, 0.1) is 25.9 Å². The zero-order chi connectivity index (χ0) is 27.4. The van der Waals surface area contributed by atoms with Crippen molar-refractivity contribution in [2.24, 2.45) is 5.92 Å². The molecule has 1 heterocycles. The normalized spacial score (nSPS) is 14.2. The third kappa shape index (κ3) is 18.6. The van der Waals surface area contributed by atoms with Crippen LogP contribution in [0.4, 0.5) is 5.82 Å². The molecule has 11 heteroatoms. The molecule has 0 amide bonds. The quantitative estimate of drug-likeness (QED) is 0.124. The molecule has 0 saturated carbocycles. The fourth-order valence-corrected chi connectivity index (χ4v) is 4.73. The third-order valence-electron chi connectivity index (χ3n) is 6.02. The van der Waals surface area contributed by atoms with E-state index in [2.05, 4.69) is 18.8 Å². The summed E-state index contributed by atoms with van der Waals surface area (Å²) in [5, 5.41) is 9.45. The van der Waals surface area contributed by atoms with Crippen LogP contribution in [-0.4, -0.2) is 58.4 Å². The van der Waals surface area contributed by atoms with Gasteiger partial charge in [-0.05, 0) is 24.8 Å². The number of unbranched alkanes of at least 4 members (excludes halogenated alkanes) is 9. The molecule has 0 fully saturated rings. The van der Waals surface area contributed by atoms with Crippen LogP contribution in [0.1, 0.15) is 90.9 Å². The lowest BCUT2D eigenvalue weighted by Gasteiger charge is -2.19. The van der Waals surface area contributed by atoms with Crippen molar-refractivity contribution >= 4 is 13.4 Å². The summed E-state index contributed by atoms with van der Waals surface area (Å²) in [6.07, 6.45) is 14.7. The molecule has 0 bridgehead atoms. The topological polar surface area (TPSA) is 146 Å². The van der Waals surface area contributed by atoms with Gasteiger partial charge in [-0.15, -0.1) is 0 Å². The van der Waals surface area contributed by atoms with Crippen LogP contribution in [0, 0.1) is 5.92 Å². The zero-order valence-corrected chi connectivity index (χ0v) is 23.8. The van der Waals surface area contributed by atoms with E-state index >= 15 is 0 Å². The van der Waals surface area contributed by atoms with Crippen molar-refractivity contribution in [3.8, 4) is 0 Å². The Morgan fingerprint density at radius 1 is 0.973 bits per heavy atom. The van der Waals surface area contributed by atoms with E-state index in [1.807, 2.05) is 0 Å². The summed E-state index contributed by atoms with van der Waals surface area (Å²) in [5.41, 5.74) is 4.85. The van der Waals surface area contributed by atoms with Gasteiger partial charge in [0.2, 0.25) is 0 Å². The maximum atomic E-state index is 12.2. The van der Waals surface area contributed by atoms with Crippen molar-refractivity contribution in [1.29, 1.82) is 0 Å².